The molecular formula is C9H17N. The molecule has 1 aliphatic heterocycles. The quantitative estimate of drug-likeness (QED) is 0.489. The van der Waals surface area contributed by atoms with Crippen LogP contribution in [0.1, 0.15) is 41.0 Å². The van der Waals surface area contributed by atoms with Crippen molar-refractivity contribution in [3.63, 3.8) is 0 Å². The lowest BCUT2D eigenvalue weighted by molar-refractivity contribution is 1.22. The first-order valence-corrected chi connectivity index (χ1v) is 3.90. The van der Waals surface area contributed by atoms with E-state index in [1.165, 1.54) is 17.0 Å². The first-order valence-electron chi connectivity index (χ1n) is 3.90. The maximum Gasteiger partial charge on any atom is 0.0365 e. The molecule has 0 radical (unpaired) electrons. The van der Waals surface area contributed by atoms with Gasteiger partial charge in [0, 0.05) is 17.8 Å². The van der Waals surface area contributed by atoms with Crippen LogP contribution in [0.3, 0.4) is 0 Å². The molecule has 0 amide bonds. The van der Waals surface area contributed by atoms with Crippen molar-refractivity contribution in [1.82, 2.24) is 0 Å². The Labute approximate surface area is 63.9 Å². The lowest BCUT2D eigenvalue weighted by Gasteiger charge is -1.86. The highest BCUT2D eigenvalue weighted by atomic mass is 14.8. The van der Waals surface area contributed by atoms with Crippen LogP contribution in [-0.4, -0.2) is 5.71 Å². The minimum Gasteiger partial charge on any atom is -0.263 e. The lowest BCUT2D eigenvalue weighted by atomic mass is 10.2. The SMILES string of the molecule is CC.CC1=NC(C)=C(C)C1. The van der Waals surface area contributed by atoms with Crippen molar-refractivity contribution < 1.29 is 0 Å². The van der Waals surface area contributed by atoms with Crippen molar-refractivity contribution in [3.8, 4) is 0 Å². The molecule has 0 spiro atoms. The van der Waals surface area contributed by atoms with E-state index >= 15 is 0 Å². The van der Waals surface area contributed by atoms with Gasteiger partial charge in [0.25, 0.3) is 0 Å². The van der Waals surface area contributed by atoms with Gasteiger partial charge in [0.15, 0.2) is 0 Å². The van der Waals surface area contributed by atoms with Crippen molar-refractivity contribution in [2.75, 3.05) is 0 Å². The fourth-order valence-electron chi connectivity index (χ4n) is 0.933. The van der Waals surface area contributed by atoms with Crippen molar-refractivity contribution in [3.05, 3.63) is 11.3 Å². The third kappa shape index (κ3) is 2.34. The first-order chi connectivity index (χ1) is 4.70. The zero-order valence-electron chi connectivity index (χ0n) is 7.65. The van der Waals surface area contributed by atoms with Crippen LogP contribution in [0.4, 0.5) is 0 Å². The second kappa shape index (κ2) is 4.26. The molecule has 1 heterocycles. The zero-order chi connectivity index (χ0) is 8.15. The van der Waals surface area contributed by atoms with Crippen LogP contribution in [0.2, 0.25) is 0 Å². The molecule has 1 nitrogen and oxygen atoms in total. The summed E-state index contributed by atoms with van der Waals surface area (Å²) in [6, 6.07) is 0. The van der Waals surface area contributed by atoms with Crippen LogP contribution >= 0.6 is 0 Å². The Morgan fingerprint density at radius 2 is 1.60 bits per heavy atom. The first kappa shape index (κ1) is 9.41. The Morgan fingerprint density at radius 3 is 1.70 bits per heavy atom. The average molecular weight is 139 g/mol. The van der Waals surface area contributed by atoms with Gasteiger partial charge in [-0.3, -0.25) is 4.99 Å². The summed E-state index contributed by atoms with van der Waals surface area (Å²) in [5.74, 6) is 0. The predicted molar refractivity (Wildman–Crippen MR) is 47.4 cm³/mol. The fourth-order valence-corrected chi connectivity index (χ4v) is 0.933. The van der Waals surface area contributed by atoms with Crippen molar-refractivity contribution in [2.45, 2.75) is 41.0 Å². The topological polar surface area (TPSA) is 12.4 Å². The largest absolute Gasteiger partial charge is 0.263 e. The minimum atomic E-state index is 1.09. The molecule has 1 heteroatoms. The highest BCUT2D eigenvalue weighted by molar-refractivity contribution is 5.87. The molecule has 0 aromatic heterocycles. The van der Waals surface area contributed by atoms with Gasteiger partial charge in [0.1, 0.15) is 0 Å². The summed E-state index contributed by atoms with van der Waals surface area (Å²) in [5.41, 5.74) is 3.88. The molecule has 0 aliphatic carbocycles. The third-order valence-electron chi connectivity index (χ3n) is 1.50. The van der Waals surface area contributed by atoms with Crippen LogP contribution in [0.15, 0.2) is 16.3 Å². The Morgan fingerprint density at radius 1 is 1.10 bits per heavy atom. The van der Waals surface area contributed by atoms with Gasteiger partial charge in [-0.05, 0) is 26.3 Å². The van der Waals surface area contributed by atoms with E-state index in [2.05, 4.69) is 25.8 Å². The van der Waals surface area contributed by atoms with E-state index in [1.807, 2.05) is 13.8 Å². The maximum atomic E-state index is 4.27. The van der Waals surface area contributed by atoms with E-state index in [0.717, 1.165) is 6.42 Å². The second-order valence-electron chi connectivity index (χ2n) is 2.39. The van der Waals surface area contributed by atoms with Gasteiger partial charge in [-0.25, -0.2) is 0 Å². The molecule has 0 aromatic carbocycles. The zero-order valence-corrected chi connectivity index (χ0v) is 7.65. The van der Waals surface area contributed by atoms with Crippen LogP contribution in [0.5, 0.6) is 0 Å². The van der Waals surface area contributed by atoms with Gasteiger partial charge in [0.05, 0.1) is 0 Å². The summed E-state index contributed by atoms with van der Waals surface area (Å²) in [5, 5.41) is 0. The molecule has 0 fully saturated rings. The normalized spacial score (nSPS) is 16.3. The van der Waals surface area contributed by atoms with E-state index in [1.54, 1.807) is 0 Å². The monoisotopic (exact) mass is 139 g/mol. The molecule has 0 N–H and O–H groups in total. The Hall–Kier alpha value is -0.590. The molecule has 58 valence electrons. The van der Waals surface area contributed by atoms with Crippen LogP contribution in [-0.2, 0) is 0 Å². The summed E-state index contributed by atoms with van der Waals surface area (Å²) < 4.78 is 0. The summed E-state index contributed by atoms with van der Waals surface area (Å²) in [6.07, 6.45) is 1.09. The third-order valence-corrected chi connectivity index (χ3v) is 1.50. The molecule has 0 saturated carbocycles. The minimum absolute atomic E-state index is 1.09. The van der Waals surface area contributed by atoms with Gasteiger partial charge < -0.3 is 0 Å². The molecule has 0 atom stereocenters. The smallest absolute Gasteiger partial charge is 0.0365 e. The molecule has 1 aliphatic rings. The molecule has 0 unspecified atom stereocenters. The van der Waals surface area contributed by atoms with E-state index in [4.69, 9.17) is 0 Å². The number of hydrogen-bond acceptors (Lipinski definition) is 1. The molecule has 0 aromatic rings. The van der Waals surface area contributed by atoms with Crippen LogP contribution in [0.25, 0.3) is 0 Å². The molecule has 1 rings (SSSR count). The van der Waals surface area contributed by atoms with Gasteiger partial charge in [0.2, 0.25) is 0 Å². The molecule has 0 saturated heterocycles. The van der Waals surface area contributed by atoms with Crippen molar-refractivity contribution in [1.29, 1.82) is 0 Å². The van der Waals surface area contributed by atoms with Crippen molar-refractivity contribution >= 4 is 5.71 Å². The fraction of sp³-hybridized carbons (Fsp3) is 0.667. The number of hydrogen-bond donors (Lipinski definition) is 0. The summed E-state index contributed by atoms with van der Waals surface area (Å²) in [6.45, 7) is 10.3. The van der Waals surface area contributed by atoms with Crippen molar-refractivity contribution in [2.24, 2.45) is 4.99 Å². The Kier molecular flexibility index (Phi) is 4.01. The summed E-state index contributed by atoms with van der Waals surface area (Å²) in [4.78, 5) is 4.27. The van der Waals surface area contributed by atoms with Gasteiger partial charge in [-0.15, -0.1) is 0 Å². The molecule has 0 bridgehead atoms. The Balaban J connectivity index is 0.000000371. The summed E-state index contributed by atoms with van der Waals surface area (Å²) in [7, 11) is 0. The number of nitrogens with zero attached hydrogens (tertiary/aromatic N) is 1. The number of aliphatic imine (C=N–C) groups is 1. The van der Waals surface area contributed by atoms with Gasteiger partial charge in [-0.1, -0.05) is 13.8 Å². The predicted octanol–water partition coefficient (Wildman–Crippen LogP) is 3.17. The average Bonchev–Trinajstić information content (AvgIpc) is 2.16. The number of rotatable bonds is 0. The summed E-state index contributed by atoms with van der Waals surface area (Å²) >= 11 is 0. The maximum absolute atomic E-state index is 4.27. The van der Waals surface area contributed by atoms with Crippen LogP contribution < -0.4 is 0 Å². The van der Waals surface area contributed by atoms with E-state index in [9.17, 15) is 0 Å². The molecular weight excluding hydrogens is 122 g/mol. The van der Waals surface area contributed by atoms with Crippen LogP contribution in [0, 0.1) is 0 Å². The molecule has 10 heavy (non-hydrogen) atoms. The Bertz CT molecular complexity index is 164. The number of allylic oxidation sites excluding steroid dienone is 2. The highest BCUT2D eigenvalue weighted by Gasteiger charge is 2.04. The highest BCUT2D eigenvalue weighted by Crippen LogP contribution is 2.17. The van der Waals surface area contributed by atoms with E-state index in [0.29, 0.717) is 0 Å². The second-order valence-corrected chi connectivity index (χ2v) is 2.39. The standard InChI is InChI=1S/C7H11N.C2H6/c1-5-4-6(2)8-7(5)3;1-2/h4H2,1-3H3;1-2H3. The van der Waals surface area contributed by atoms with Gasteiger partial charge >= 0.3 is 0 Å². The van der Waals surface area contributed by atoms with Gasteiger partial charge in [-0.2, -0.15) is 0 Å². The van der Waals surface area contributed by atoms with E-state index in [-0.39, 0.29) is 0 Å². The lowest BCUT2D eigenvalue weighted by Crippen LogP contribution is -1.82. The van der Waals surface area contributed by atoms with E-state index < -0.39 is 0 Å².